The van der Waals surface area contributed by atoms with Gasteiger partial charge in [-0.3, -0.25) is 9.69 Å². The summed E-state index contributed by atoms with van der Waals surface area (Å²) in [5.74, 6) is 1.66. The number of para-hydroxylation sites is 1. The van der Waals surface area contributed by atoms with E-state index in [1.807, 2.05) is 85.6 Å². The maximum atomic E-state index is 14.2. The average molecular weight is 639 g/mol. The van der Waals surface area contributed by atoms with Gasteiger partial charge in [0, 0.05) is 49.3 Å². The van der Waals surface area contributed by atoms with Gasteiger partial charge in [-0.25, -0.2) is 0 Å². The Kier molecular flexibility index (Phi) is 11.9. The Hall–Kier alpha value is -4.10. The summed E-state index contributed by atoms with van der Waals surface area (Å²) in [5.41, 5.74) is 6.17. The highest BCUT2D eigenvalue weighted by atomic mass is 35.5. The molecular formula is C39H43ClN2O4. The lowest BCUT2D eigenvalue weighted by molar-refractivity contribution is -0.128. The molecule has 5 rings (SSSR count). The minimum atomic E-state index is -0.172. The first kappa shape index (κ1) is 33.3. The van der Waals surface area contributed by atoms with Crippen molar-refractivity contribution in [1.82, 2.24) is 9.80 Å². The first-order valence-corrected chi connectivity index (χ1v) is 16.2. The van der Waals surface area contributed by atoms with Gasteiger partial charge in [-0.15, -0.1) is 0 Å². The number of hydrogen-bond acceptors (Lipinski definition) is 5. The van der Waals surface area contributed by atoms with Crippen molar-refractivity contribution in [2.24, 2.45) is 0 Å². The Balaban J connectivity index is 1.25. The molecule has 0 N–H and O–H groups in total. The zero-order valence-electron chi connectivity index (χ0n) is 27.0. The summed E-state index contributed by atoms with van der Waals surface area (Å²) in [6, 6.07) is 34.0. The lowest BCUT2D eigenvalue weighted by Crippen LogP contribution is -2.39. The summed E-state index contributed by atoms with van der Waals surface area (Å²) in [4.78, 5) is 18.4. The molecule has 240 valence electrons. The van der Waals surface area contributed by atoms with Crippen LogP contribution in [0.4, 0.5) is 0 Å². The van der Waals surface area contributed by atoms with Crippen LogP contribution in [-0.4, -0.2) is 56.2 Å². The number of benzene rings is 4. The molecule has 0 aliphatic carbocycles. The molecule has 4 aromatic carbocycles. The predicted molar refractivity (Wildman–Crippen MR) is 185 cm³/mol. The molecule has 0 spiro atoms. The molecule has 0 saturated carbocycles. The van der Waals surface area contributed by atoms with E-state index >= 15 is 0 Å². The molecule has 7 heteroatoms. The van der Waals surface area contributed by atoms with Crippen molar-refractivity contribution < 1.29 is 19.0 Å². The van der Waals surface area contributed by atoms with E-state index in [-0.39, 0.29) is 11.9 Å². The van der Waals surface area contributed by atoms with Crippen LogP contribution in [0, 0.1) is 0 Å². The van der Waals surface area contributed by atoms with Crippen LogP contribution in [0.1, 0.15) is 48.1 Å². The van der Waals surface area contributed by atoms with Crippen molar-refractivity contribution >= 4 is 23.1 Å². The van der Waals surface area contributed by atoms with E-state index < -0.39 is 0 Å². The lowest BCUT2D eigenvalue weighted by Gasteiger charge is -2.34. The summed E-state index contributed by atoms with van der Waals surface area (Å²) in [6.07, 6.45) is 1.56. The Bertz CT molecular complexity index is 1610. The first-order valence-electron chi connectivity index (χ1n) is 15.9. The van der Waals surface area contributed by atoms with E-state index in [2.05, 4.69) is 41.3 Å². The quantitative estimate of drug-likeness (QED) is 0.130. The van der Waals surface area contributed by atoms with Crippen molar-refractivity contribution in [2.75, 3.05) is 40.5 Å². The van der Waals surface area contributed by atoms with Crippen LogP contribution in [0.25, 0.3) is 5.57 Å². The molecule has 4 aromatic rings. The van der Waals surface area contributed by atoms with Crippen LogP contribution in [0.3, 0.4) is 0 Å². The Morgan fingerprint density at radius 1 is 0.913 bits per heavy atom. The Morgan fingerprint density at radius 2 is 1.63 bits per heavy atom. The summed E-state index contributed by atoms with van der Waals surface area (Å²) in [7, 11) is 3.54. The third-order valence-electron chi connectivity index (χ3n) is 8.54. The number of halogens is 1. The number of nitrogens with zero attached hydrogens (tertiary/aromatic N) is 2. The standard InChI is InChI=1S/C39H43ClN2O4/c1-29(34-15-8-9-16-37(34)40)41(2)39(43)36-27-42(26-30-12-5-4-6-13-30)23-22-35(36)31-18-20-33(21-19-31)46-25-11-24-45-28-32-14-7-10-17-38(32)44-3/h4-10,12-21,29H,11,22-28H2,1-3H3. The smallest absolute Gasteiger partial charge is 0.251 e. The minimum absolute atomic E-state index is 0.0219. The highest BCUT2D eigenvalue weighted by Gasteiger charge is 2.29. The van der Waals surface area contributed by atoms with E-state index in [4.69, 9.17) is 25.8 Å². The van der Waals surface area contributed by atoms with E-state index in [9.17, 15) is 4.79 Å². The average Bonchev–Trinajstić information content (AvgIpc) is 3.10. The fourth-order valence-corrected chi connectivity index (χ4v) is 6.12. The van der Waals surface area contributed by atoms with Gasteiger partial charge in [-0.1, -0.05) is 90.5 Å². The second-order valence-corrected chi connectivity index (χ2v) is 12.0. The number of methoxy groups -OCH3 is 1. The highest BCUT2D eigenvalue weighted by molar-refractivity contribution is 6.31. The predicted octanol–water partition coefficient (Wildman–Crippen LogP) is 8.21. The first-order chi connectivity index (χ1) is 22.4. The second kappa shape index (κ2) is 16.5. The van der Waals surface area contributed by atoms with Crippen LogP contribution in [0.15, 0.2) is 109 Å². The van der Waals surface area contributed by atoms with Gasteiger partial charge in [0.05, 0.1) is 33.0 Å². The van der Waals surface area contributed by atoms with Crippen LogP contribution >= 0.6 is 11.6 Å². The molecule has 0 saturated heterocycles. The number of hydrogen-bond donors (Lipinski definition) is 0. The Morgan fingerprint density at radius 3 is 2.39 bits per heavy atom. The number of carbonyl (C=O) groups excluding carboxylic acids is 1. The topological polar surface area (TPSA) is 51.2 Å². The summed E-state index contributed by atoms with van der Waals surface area (Å²) >= 11 is 6.52. The third kappa shape index (κ3) is 8.58. The monoisotopic (exact) mass is 638 g/mol. The fraction of sp³-hybridized carbons (Fsp3) is 0.308. The molecule has 6 nitrogen and oxygen atoms in total. The van der Waals surface area contributed by atoms with E-state index in [1.54, 1.807) is 7.11 Å². The van der Waals surface area contributed by atoms with Gasteiger partial charge in [0.1, 0.15) is 11.5 Å². The molecule has 0 bridgehead atoms. The van der Waals surface area contributed by atoms with Gasteiger partial charge >= 0.3 is 0 Å². The Labute approximate surface area is 278 Å². The molecule has 0 aromatic heterocycles. The van der Waals surface area contributed by atoms with Crippen molar-refractivity contribution in [3.63, 3.8) is 0 Å². The minimum Gasteiger partial charge on any atom is -0.496 e. The highest BCUT2D eigenvalue weighted by Crippen LogP contribution is 2.33. The number of likely N-dealkylation sites (N-methyl/N-ethyl adjacent to an activating group) is 1. The molecular weight excluding hydrogens is 596 g/mol. The summed E-state index contributed by atoms with van der Waals surface area (Å²) in [6.45, 7) is 5.92. The zero-order chi connectivity index (χ0) is 32.3. The van der Waals surface area contributed by atoms with Gasteiger partial charge < -0.3 is 19.1 Å². The van der Waals surface area contributed by atoms with E-state index in [0.29, 0.717) is 31.4 Å². The van der Waals surface area contributed by atoms with Gasteiger partial charge in [0.15, 0.2) is 0 Å². The normalized spacial score (nSPS) is 14.2. The van der Waals surface area contributed by atoms with E-state index in [0.717, 1.165) is 65.3 Å². The maximum Gasteiger partial charge on any atom is 0.251 e. The van der Waals surface area contributed by atoms with Crippen molar-refractivity contribution in [2.45, 2.75) is 39.0 Å². The molecule has 1 aliphatic heterocycles. The van der Waals surface area contributed by atoms with Crippen molar-refractivity contribution in [3.8, 4) is 11.5 Å². The number of amides is 1. The number of carbonyl (C=O) groups is 1. The van der Waals surface area contributed by atoms with Gasteiger partial charge in [-0.2, -0.15) is 0 Å². The van der Waals surface area contributed by atoms with Gasteiger partial charge in [0.25, 0.3) is 5.91 Å². The molecule has 0 radical (unpaired) electrons. The van der Waals surface area contributed by atoms with Crippen LogP contribution in [0.2, 0.25) is 5.02 Å². The summed E-state index contributed by atoms with van der Waals surface area (Å²) in [5, 5.41) is 0.664. The number of rotatable bonds is 14. The van der Waals surface area contributed by atoms with Crippen LogP contribution in [0.5, 0.6) is 11.5 Å². The zero-order valence-corrected chi connectivity index (χ0v) is 27.7. The molecule has 1 atom stereocenters. The third-order valence-corrected chi connectivity index (χ3v) is 8.89. The molecule has 1 heterocycles. The van der Waals surface area contributed by atoms with E-state index in [1.165, 1.54) is 5.56 Å². The SMILES string of the molecule is COc1ccccc1COCCCOc1ccc(C2=C(C(=O)N(C)C(C)c3ccccc3Cl)CN(Cc3ccccc3)CC2)cc1. The van der Waals surface area contributed by atoms with Crippen LogP contribution in [-0.2, 0) is 22.7 Å². The second-order valence-electron chi connectivity index (χ2n) is 11.6. The number of ether oxygens (including phenoxy) is 3. The largest absolute Gasteiger partial charge is 0.496 e. The molecule has 46 heavy (non-hydrogen) atoms. The molecule has 0 fully saturated rings. The lowest BCUT2D eigenvalue weighted by atomic mass is 9.91. The van der Waals surface area contributed by atoms with Gasteiger partial charge in [0.2, 0.25) is 0 Å². The molecule has 1 unspecified atom stereocenters. The molecule has 1 aliphatic rings. The van der Waals surface area contributed by atoms with Crippen molar-refractivity contribution in [3.05, 3.63) is 136 Å². The summed E-state index contributed by atoms with van der Waals surface area (Å²) < 4.78 is 17.2. The maximum absolute atomic E-state index is 14.2. The van der Waals surface area contributed by atoms with Crippen molar-refractivity contribution in [1.29, 1.82) is 0 Å². The van der Waals surface area contributed by atoms with Gasteiger partial charge in [-0.05, 0) is 59.9 Å². The molecule has 1 amide bonds. The fourth-order valence-electron chi connectivity index (χ4n) is 5.83. The van der Waals surface area contributed by atoms with Crippen LogP contribution < -0.4 is 9.47 Å².